The largest absolute Gasteiger partial charge is 0.348 e. The molecule has 0 bridgehead atoms. The van der Waals surface area contributed by atoms with Crippen molar-refractivity contribution in [2.24, 2.45) is 5.73 Å². The first kappa shape index (κ1) is 12.1. The van der Waals surface area contributed by atoms with Crippen LogP contribution in [-0.4, -0.2) is 16.9 Å². The van der Waals surface area contributed by atoms with Crippen LogP contribution in [0.3, 0.4) is 0 Å². The number of nitrogens with one attached hydrogen (secondary N) is 1. The predicted octanol–water partition coefficient (Wildman–Crippen LogP) is 1.37. The van der Waals surface area contributed by atoms with Crippen molar-refractivity contribution in [3.63, 3.8) is 0 Å². The summed E-state index contributed by atoms with van der Waals surface area (Å²) in [5.74, 6) is -0.0249. The lowest BCUT2D eigenvalue weighted by molar-refractivity contribution is -0.122. The molecule has 1 aromatic heterocycles. The van der Waals surface area contributed by atoms with Crippen molar-refractivity contribution in [1.82, 2.24) is 10.3 Å². The Labute approximate surface area is 93.9 Å². The molecule has 0 saturated heterocycles. The topological polar surface area (TPSA) is 68.0 Å². The first-order valence-electron chi connectivity index (χ1n) is 4.96. The third kappa shape index (κ3) is 3.97. The van der Waals surface area contributed by atoms with E-state index in [-0.39, 0.29) is 18.0 Å². The molecule has 84 valence electrons. The van der Waals surface area contributed by atoms with E-state index in [9.17, 15) is 4.79 Å². The fourth-order valence-electron chi connectivity index (χ4n) is 1.25. The number of hydrogen-bond acceptors (Lipinski definition) is 4. The Morgan fingerprint density at radius 1 is 1.67 bits per heavy atom. The number of rotatable bonds is 4. The van der Waals surface area contributed by atoms with Crippen molar-refractivity contribution in [1.29, 1.82) is 0 Å². The van der Waals surface area contributed by atoms with Gasteiger partial charge in [-0.05, 0) is 20.8 Å². The number of nitrogens with zero attached hydrogens (tertiary/aromatic N) is 1. The normalized spacial score (nSPS) is 14.7. The van der Waals surface area contributed by atoms with Gasteiger partial charge in [0.15, 0.2) is 0 Å². The molecule has 5 heteroatoms. The van der Waals surface area contributed by atoms with Gasteiger partial charge in [0.25, 0.3) is 0 Å². The molecule has 1 amide bonds. The monoisotopic (exact) mass is 227 g/mol. The second kappa shape index (κ2) is 5.23. The van der Waals surface area contributed by atoms with Crippen molar-refractivity contribution < 1.29 is 4.79 Å². The highest BCUT2D eigenvalue weighted by atomic mass is 32.1. The molecule has 0 aliphatic carbocycles. The lowest BCUT2D eigenvalue weighted by atomic mass is 10.2. The van der Waals surface area contributed by atoms with Crippen molar-refractivity contribution in [2.75, 3.05) is 0 Å². The maximum atomic E-state index is 11.4. The highest BCUT2D eigenvalue weighted by Crippen LogP contribution is 2.15. The van der Waals surface area contributed by atoms with E-state index in [2.05, 4.69) is 10.3 Å². The molecule has 0 spiro atoms. The summed E-state index contributed by atoms with van der Waals surface area (Å²) in [4.78, 5) is 15.7. The highest BCUT2D eigenvalue weighted by molar-refractivity contribution is 7.09. The molecule has 1 heterocycles. The van der Waals surface area contributed by atoms with Crippen LogP contribution in [0.2, 0.25) is 0 Å². The highest BCUT2D eigenvalue weighted by Gasteiger charge is 2.12. The molecule has 0 fully saturated rings. The number of aryl methyl sites for hydroxylation is 1. The first-order chi connectivity index (χ1) is 6.99. The zero-order valence-corrected chi connectivity index (χ0v) is 10.1. The summed E-state index contributed by atoms with van der Waals surface area (Å²) in [7, 11) is 0. The summed E-state index contributed by atoms with van der Waals surface area (Å²) >= 11 is 1.59. The van der Waals surface area contributed by atoms with Gasteiger partial charge in [0.05, 0.1) is 16.7 Å². The fraction of sp³-hybridized carbons (Fsp3) is 0.600. The van der Waals surface area contributed by atoms with E-state index >= 15 is 0 Å². The Bertz CT molecular complexity index is 335. The molecule has 2 atom stereocenters. The van der Waals surface area contributed by atoms with Crippen molar-refractivity contribution >= 4 is 17.2 Å². The Morgan fingerprint density at radius 3 is 2.80 bits per heavy atom. The molecular formula is C10H17N3OS. The summed E-state index contributed by atoms with van der Waals surface area (Å²) in [6.45, 7) is 5.69. The third-order valence-electron chi connectivity index (χ3n) is 1.97. The Hall–Kier alpha value is -0.940. The zero-order chi connectivity index (χ0) is 11.4. The average Bonchev–Trinajstić information content (AvgIpc) is 2.49. The van der Waals surface area contributed by atoms with E-state index in [1.165, 1.54) is 0 Å². The van der Waals surface area contributed by atoms with E-state index in [1.807, 2.05) is 26.2 Å². The second-order valence-electron chi connectivity index (χ2n) is 3.76. The van der Waals surface area contributed by atoms with Gasteiger partial charge in [-0.1, -0.05) is 0 Å². The maximum absolute atomic E-state index is 11.4. The lowest BCUT2D eigenvalue weighted by Crippen LogP contribution is -2.31. The van der Waals surface area contributed by atoms with Gasteiger partial charge in [0.2, 0.25) is 5.91 Å². The van der Waals surface area contributed by atoms with Gasteiger partial charge in [-0.3, -0.25) is 4.79 Å². The molecule has 0 aromatic carbocycles. The summed E-state index contributed by atoms with van der Waals surface area (Å²) in [6, 6.07) is -0.143. The van der Waals surface area contributed by atoms with Crippen LogP contribution in [0.15, 0.2) is 5.38 Å². The third-order valence-corrected chi connectivity index (χ3v) is 2.76. The molecule has 1 rings (SSSR count). The van der Waals surface area contributed by atoms with Crippen molar-refractivity contribution in [3.8, 4) is 0 Å². The van der Waals surface area contributed by atoms with Gasteiger partial charge in [-0.25, -0.2) is 4.98 Å². The Kier molecular flexibility index (Phi) is 4.23. The standard InChI is InChI=1S/C10H17N3OS/c1-6(11)4-10(14)12-7(2)9-5-15-8(3)13-9/h5-7H,4,11H2,1-3H3,(H,12,14). The van der Waals surface area contributed by atoms with Crippen molar-refractivity contribution in [3.05, 3.63) is 16.1 Å². The average molecular weight is 227 g/mol. The lowest BCUT2D eigenvalue weighted by Gasteiger charge is -2.12. The van der Waals surface area contributed by atoms with E-state index in [0.717, 1.165) is 10.7 Å². The summed E-state index contributed by atoms with van der Waals surface area (Å²) in [5.41, 5.74) is 6.45. The SMILES string of the molecule is Cc1nc(C(C)NC(=O)CC(C)N)cs1. The molecule has 2 unspecified atom stereocenters. The molecular weight excluding hydrogens is 210 g/mol. The molecule has 4 nitrogen and oxygen atoms in total. The minimum Gasteiger partial charge on any atom is -0.348 e. The van der Waals surface area contributed by atoms with E-state index in [1.54, 1.807) is 11.3 Å². The number of amides is 1. The van der Waals surface area contributed by atoms with Gasteiger partial charge in [0, 0.05) is 17.8 Å². The number of carbonyl (C=O) groups excluding carboxylic acids is 1. The maximum Gasteiger partial charge on any atom is 0.222 e. The molecule has 15 heavy (non-hydrogen) atoms. The van der Waals surface area contributed by atoms with Crippen LogP contribution in [0.25, 0.3) is 0 Å². The molecule has 3 N–H and O–H groups in total. The van der Waals surface area contributed by atoms with Crippen LogP contribution < -0.4 is 11.1 Å². The predicted molar refractivity (Wildman–Crippen MR) is 61.7 cm³/mol. The van der Waals surface area contributed by atoms with Gasteiger partial charge >= 0.3 is 0 Å². The van der Waals surface area contributed by atoms with Gasteiger partial charge < -0.3 is 11.1 Å². The number of thiazole rings is 1. The molecule has 0 radical (unpaired) electrons. The van der Waals surface area contributed by atoms with Crippen LogP contribution in [0.5, 0.6) is 0 Å². The van der Waals surface area contributed by atoms with E-state index < -0.39 is 0 Å². The molecule has 0 aliphatic rings. The van der Waals surface area contributed by atoms with Crippen LogP contribution in [0.4, 0.5) is 0 Å². The summed E-state index contributed by atoms with van der Waals surface area (Å²) in [5, 5.41) is 5.84. The summed E-state index contributed by atoms with van der Waals surface area (Å²) in [6.07, 6.45) is 0.355. The van der Waals surface area contributed by atoms with Crippen LogP contribution in [0.1, 0.15) is 37.0 Å². The summed E-state index contributed by atoms with van der Waals surface area (Å²) < 4.78 is 0. The molecule has 0 aliphatic heterocycles. The van der Waals surface area contributed by atoms with Crippen LogP contribution in [0, 0.1) is 6.92 Å². The minimum atomic E-state index is -0.102. The van der Waals surface area contributed by atoms with Gasteiger partial charge in [0.1, 0.15) is 0 Å². The van der Waals surface area contributed by atoms with E-state index in [0.29, 0.717) is 6.42 Å². The van der Waals surface area contributed by atoms with Gasteiger partial charge in [-0.15, -0.1) is 11.3 Å². The number of nitrogens with two attached hydrogens (primary N) is 1. The van der Waals surface area contributed by atoms with E-state index in [4.69, 9.17) is 5.73 Å². The fourth-order valence-corrected chi connectivity index (χ4v) is 1.95. The smallest absolute Gasteiger partial charge is 0.222 e. The number of aromatic nitrogens is 1. The van der Waals surface area contributed by atoms with Crippen LogP contribution in [-0.2, 0) is 4.79 Å². The minimum absolute atomic E-state index is 0.0249. The zero-order valence-electron chi connectivity index (χ0n) is 9.28. The Balaban J connectivity index is 2.48. The van der Waals surface area contributed by atoms with Crippen molar-refractivity contribution in [2.45, 2.75) is 39.3 Å². The molecule has 0 saturated carbocycles. The van der Waals surface area contributed by atoms with Gasteiger partial charge in [-0.2, -0.15) is 0 Å². The first-order valence-corrected chi connectivity index (χ1v) is 5.84. The quantitative estimate of drug-likeness (QED) is 0.816. The number of carbonyl (C=O) groups is 1. The number of hydrogen-bond donors (Lipinski definition) is 2. The van der Waals surface area contributed by atoms with Crippen LogP contribution >= 0.6 is 11.3 Å². The molecule has 1 aromatic rings. The Morgan fingerprint density at radius 2 is 2.33 bits per heavy atom. The second-order valence-corrected chi connectivity index (χ2v) is 4.82.